The molecule has 0 aliphatic rings. The molecule has 0 spiro atoms. The van der Waals surface area contributed by atoms with E-state index in [2.05, 4.69) is 10.3 Å². The van der Waals surface area contributed by atoms with Crippen molar-refractivity contribution in [2.75, 3.05) is 13.7 Å². The van der Waals surface area contributed by atoms with E-state index in [9.17, 15) is 14.7 Å². The van der Waals surface area contributed by atoms with E-state index in [1.54, 1.807) is 12.1 Å². The number of ether oxygens (including phenoxy) is 1. The van der Waals surface area contributed by atoms with Crippen molar-refractivity contribution in [1.29, 1.82) is 0 Å². The summed E-state index contributed by atoms with van der Waals surface area (Å²) in [5.41, 5.74) is 2.27. The van der Waals surface area contributed by atoms with Crippen LogP contribution in [0.4, 0.5) is 0 Å². The van der Waals surface area contributed by atoms with Gasteiger partial charge in [0.05, 0.1) is 13.0 Å². The van der Waals surface area contributed by atoms with Gasteiger partial charge in [-0.3, -0.25) is 9.59 Å². The number of nitrogens with zero attached hydrogens (tertiary/aromatic N) is 1. The first-order valence-corrected chi connectivity index (χ1v) is 7.57. The van der Waals surface area contributed by atoms with E-state index in [1.807, 2.05) is 31.2 Å². The number of carbonyl (C=O) groups is 2. The molecule has 1 unspecified atom stereocenters. The number of rotatable bonds is 7. The SMILES string of the molecule is COc1ncccc1C(=O)NCC(Cc1cccc(C)c1)C(=O)O. The van der Waals surface area contributed by atoms with E-state index in [-0.39, 0.29) is 18.0 Å². The number of carbonyl (C=O) groups excluding carboxylic acids is 1. The zero-order valence-corrected chi connectivity index (χ0v) is 13.7. The molecule has 0 saturated carbocycles. The van der Waals surface area contributed by atoms with Crippen LogP contribution in [0.2, 0.25) is 0 Å². The Hall–Kier alpha value is -2.89. The molecular weight excluding hydrogens is 308 g/mol. The molecule has 126 valence electrons. The van der Waals surface area contributed by atoms with Crippen molar-refractivity contribution in [3.63, 3.8) is 0 Å². The summed E-state index contributed by atoms with van der Waals surface area (Å²) in [5.74, 6) is -1.86. The lowest BCUT2D eigenvalue weighted by Crippen LogP contribution is -2.34. The maximum Gasteiger partial charge on any atom is 0.308 e. The average molecular weight is 328 g/mol. The second kappa shape index (κ2) is 8.10. The number of nitrogens with one attached hydrogen (secondary N) is 1. The molecule has 1 aromatic heterocycles. The fourth-order valence-corrected chi connectivity index (χ4v) is 2.41. The Kier molecular flexibility index (Phi) is 5.89. The van der Waals surface area contributed by atoms with Gasteiger partial charge in [-0.15, -0.1) is 0 Å². The number of hydrogen-bond acceptors (Lipinski definition) is 4. The van der Waals surface area contributed by atoms with Crippen molar-refractivity contribution in [2.45, 2.75) is 13.3 Å². The predicted octanol–water partition coefficient (Wildman–Crippen LogP) is 2.07. The number of methoxy groups -OCH3 is 1. The fraction of sp³-hybridized carbons (Fsp3) is 0.278. The molecule has 0 aliphatic heterocycles. The van der Waals surface area contributed by atoms with Gasteiger partial charge in [-0.1, -0.05) is 29.8 Å². The van der Waals surface area contributed by atoms with E-state index >= 15 is 0 Å². The average Bonchev–Trinajstić information content (AvgIpc) is 2.58. The highest BCUT2D eigenvalue weighted by atomic mass is 16.5. The van der Waals surface area contributed by atoms with Gasteiger partial charge < -0.3 is 15.2 Å². The molecule has 0 saturated heterocycles. The van der Waals surface area contributed by atoms with Crippen molar-refractivity contribution < 1.29 is 19.4 Å². The summed E-state index contributed by atoms with van der Waals surface area (Å²) in [6.07, 6.45) is 1.87. The number of aliphatic carboxylic acids is 1. The van der Waals surface area contributed by atoms with Gasteiger partial charge in [0.25, 0.3) is 5.91 Å². The van der Waals surface area contributed by atoms with Crippen molar-refractivity contribution in [3.8, 4) is 5.88 Å². The summed E-state index contributed by atoms with van der Waals surface area (Å²) in [7, 11) is 1.43. The molecule has 6 heteroatoms. The van der Waals surface area contributed by atoms with Crippen molar-refractivity contribution in [1.82, 2.24) is 10.3 Å². The van der Waals surface area contributed by atoms with Crippen LogP contribution in [0.25, 0.3) is 0 Å². The third-order valence-electron chi connectivity index (χ3n) is 3.63. The van der Waals surface area contributed by atoms with Gasteiger partial charge in [-0.05, 0) is 31.0 Å². The van der Waals surface area contributed by atoms with Gasteiger partial charge in [0.15, 0.2) is 0 Å². The van der Waals surface area contributed by atoms with Gasteiger partial charge >= 0.3 is 5.97 Å². The summed E-state index contributed by atoms with van der Waals surface area (Å²) >= 11 is 0. The molecule has 0 bridgehead atoms. The van der Waals surface area contributed by atoms with Gasteiger partial charge in [0.1, 0.15) is 5.56 Å². The highest BCUT2D eigenvalue weighted by Crippen LogP contribution is 2.14. The van der Waals surface area contributed by atoms with Gasteiger partial charge in [0, 0.05) is 12.7 Å². The van der Waals surface area contributed by atoms with Crippen LogP contribution in [-0.2, 0) is 11.2 Å². The standard InChI is InChI=1S/C18H20N2O4/c1-12-5-3-6-13(9-12)10-14(18(22)23)11-20-16(21)15-7-4-8-19-17(15)24-2/h3-9,14H,10-11H2,1-2H3,(H,20,21)(H,22,23). The lowest BCUT2D eigenvalue weighted by molar-refractivity contribution is -0.141. The molecule has 1 heterocycles. The Bertz CT molecular complexity index is 730. The molecule has 2 aromatic rings. The first kappa shape index (κ1) is 17.5. The topological polar surface area (TPSA) is 88.5 Å². The minimum Gasteiger partial charge on any atom is -0.481 e. The number of carboxylic acids is 1. The Morgan fingerprint density at radius 2 is 2.08 bits per heavy atom. The zero-order valence-electron chi connectivity index (χ0n) is 13.7. The normalized spacial score (nSPS) is 11.6. The second-order valence-corrected chi connectivity index (χ2v) is 5.50. The van der Waals surface area contributed by atoms with Crippen LogP contribution in [0.15, 0.2) is 42.6 Å². The Morgan fingerprint density at radius 3 is 2.75 bits per heavy atom. The molecule has 1 atom stereocenters. The van der Waals surface area contributed by atoms with Crippen LogP contribution in [-0.4, -0.2) is 35.6 Å². The van der Waals surface area contributed by atoms with E-state index in [0.29, 0.717) is 6.42 Å². The molecule has 0 fully saturated rings. The smallest absolute Gasteiger partial charge is 0.308 e. The molecule has 1 aromatic carbocycles. The van der Waals surface area contributed by atoms with Crippen LogP contribution in [0.3, 0.4) is 0 Å². The van der Waals surface area contributed by atoms with Crippen LogP contribution >= 0.6 is 0 Å². The molecular formula is C18H20N2O4. The Morgan fingerprint density at radius 1 is 1.29 bits per heavy atom. The lowest BCUT2D eigenvalue weighted by Gasteiger charge is -2.14. The minimum atomic E-state index is -0.949. The highest BCUT2D eigenvalue weighted by molar-refractivity contribution is 5.96. The highest BCUT2D eigenvalue weighted by Gasteiger charge is 2.20. The maximum atomic E-state index is 12.2. The summed E-state index contributed by atoms with van der Waals surface area (Å²) in [6, 6.07) is 10.9. The minimum absolute atomic E-state index is 0.0279. The van der Waals surface area contributed by atoms with Crippen LogP contribution in [0.5, 0.6) is 5.88 Å². The number of benzene rings is 1. The molecule has 0 radical (unpaired) electrons. The molecule has 2 N–H and O–H groups in total. The first-order valence-electron chi connectivity index (χ1n) is 7.57. The number of aromatic nitrogens is 1. The van der Waals surface area contributed by atoms with Gasteiger partial charge in [-0.2, -0.15) is 0 Å². The molecule has 1 amide bonds. The zero-order chi connectivity index (χ0) is 17.5. The van der Waals surface area contributed by atoms with Crippen LogP contribution < -0.4 is 10.1 Å². The summed E-state index contributed by atoms with van der Waals surface area (Å²) in [5, 5.41) is 12.0. The first-order chi connectivity index (χ1) is 11.5. The Balaban J connectivity index is 2.03. The largest absolute Gasteiger partial charge is 0.481 e. The van der Waals surface area contributed by atoms with Crippen molar-refractivity contribution >= 4 is 11.9 Å². The third kappa shape index (κ3) is 4.55. The van der Waals surface area contributed by atoms with Gasteiger partial charge in [-0.25, -0.2) is 4.98 Å². The summed E-state index contributed by atoms with van der Waals surface area (Å²) < 4.78 is 5.04. The fourth-order valence-electron chi connectivity index (χ4n) is 2.41. The number of amides is 1. The molecule has 0 aliphatic carbocycles. The molecule has 24 heavy (non-hydrogen) atoms. The third-order valence-corrected chi connectivity index (χ3v) is 3.63. The molecule has 2 rings (SSSR count). The number of aryl methyl sites for hydroxylation is 1. The van der Waals surface area contributed by atoms with E-state index in [0.717, 1.165) is 11.1 Å². The number of carboxylic acid groups (broad SMARTS) is 1. The number of hydrogen-bond donors (Lipinski definition) is 2. The van der Waals surface area contributed by atoms with E-state index < -0.39 is 17.8 Å². The van der Waals surface area contributed by atoms with E-state index in [4.69, 9.17) is 4.74 Å². The Labute approximate surface area is 140 Å². The molecule has 6 nitrogen and oxygen atoms in total. The second-order valence-electron chi connectivity index (χ2n) is 5.50. The van der Waals surface area contributed by atoms with Crippen molar-refractivity contribution in [3.05, 3.63) is 59.3 Å². The van der Waals surface area contributed by atoms with Gasteiger partial charge in [0.2, 0.25) is 5.88 Å². The van der Waals surface area contributed by atoms with E-state index in [1.165, 1.54) is 13.3 Å². The predicted molar refractivity (Wildman–Crippen MR) is 89.1 cm³/mol. The maximum absolute atomic E-state index is 12.2. The summed E-state index contributed by atoms with van der Waals surface area (Å²) in [6.45, 7) is 1.98. The van der Waals surface area contributed by atoms with Crippen LogP contribution in [0, 0.1) is 12.8 Å². The van der Waals surface area contributed by atoms with Crippen LogP contribution in [0.1, 0.15) is 21.5 Å². The summed E-state index contributed by atoms with van der Waals surface area (Å²) in [4.78, 5) is 27.7. The monoisotopic (exact) mass is 328 g/mol. The number of pyridine rings is 1. The quantitative estimate of drug-likeness (QED) is 0.812. The lowest BCUT2D eigenvalue weighted by atomic mass is 9.98. The van der Waals surface area contributed by atoms with Crippen molar-refractivity contribution in [2.24, 2.45) is 5.92 Å².